The van der Waals surface area contributed by atoms with Crippen LogP contribution in [0.3, 0.4) is 0 Å². The van der Waals surface area contributed by atoms with Gasteiger partial charge < -0.3 is 0 Å². The van der Waals surface area contributed by atoms with Gasteiger partial charge in [0.25, 0.3) is 0 Å². The summed E-state index contributed by atoms with van der Waals surface area (Å²) >= 11 is 0. The van der Waals surface area contributed by atoms with Crippen molar-refractivity contribution in [2.45, 2.75) is 38.2 Å². The SMILES string of the molecule is CCC(C)(S(=O)(=O)CC)S(=O)(=O)CC.[W]. The molecule has 0 saturated heterocycles. The molecule has 0 rings (SSSR count). The second kappa shape index (κ2) is 5.78. The molecule has 7 heteroatoms. The van der Waals surface area contributed by atoms with Crippen LogP contribution in [0.15, 0.2) is 0 Å². The average Bonchev–Trinajstić information content (AvgIpc) is 2.15. The van der Waals surface area contributed by atoms with Crippen LogP contribution in [-0.2, 0) is 40.7 Å². The van der Waals surface area contributed by atoms with Crippen molar-refractivity contribution in [2.24, 2.45) is 0 Å². The first-order valence-electron chi connectivity index (χ1n) is 4.63. The Bertz CT molecular complexity index is 349. The van der Waals surface area contributed by atoms with Crippen LogP contribution in [0, 0.1) is 0 Å². The molecule has 0 aromatic heterocycles. The van der Waals surface area contributed by atoms with Gasteiger partial charge in [-0.05, 0) is 13.3 Å². The molecule has 0 saturated carbocycles. The summed E-state index contributed by atoms with van der Waals surface area (Å²) in [5, 5.41) is 0. The Balaban J connectivity index is 0. The number of hydrogen-bond donors (Lipinski definition) is 0. The first kappa shape index (κ1) is 18.0. The van der Waals surface area contributed by atoms with Gasteiger partial charge in [-0.3, -0.25) is 0 Å². The first-order valence-corrected chi connectivity index (χ1v) is 7.93. The predicted octanol–water partition coefficient (Wildman–Crippen LogP) is 0.980. The Morgan fingerprint density at radius 1 is 0.867 bits per heavy atom. The summed E-state index contributed by atoms with van der Waals surface area (Å²) in [4.78, 5) is 0. The summed E-state index contributed by atoms with van der Waals surface area (Å²) in [5.74, 6) is -0.285. The molecule has 0 aliphatic carbocycles. The average molecular weight is 426 g/mol. The van der Waals surface area contributed by atoms with Crippen LogP contribution < -0.4 is 0 Å². The second-order valence-electron chi connectivity index (χ2n) is 3.29. The summed E-state index contributed by atoms with van der Waals surface area (Å²) in [5.41, 5.74) is 0. The predicted molar refractivity (Wildman–Crippen MR) is 57.6 cm³/mol. The monoisotopic (exact) mass is 426 g/mol. The molecule has 15 heavy (non-hydrogen) atoms. The van der Waals surface area contributed by atoms with E-state index in [1.807, 2.05) is 0 Å². The molecule has 0 amide bonds. The molecule has 0 N–H and O–H groups in total. The molecular formula is C8H18O4S2W. The Morgan fingerprint density at radius 3 is 1.27 bits per heavy atom. The van der Waals surface area contributed by atoms with E-state index in [4.69, 9.17) is 0 Å². The van der Waals surface area contributed by atoms with E-state index in [0.29, 0.717) is 0 Å². The third-order valence-corrected chi connectivity index (χ3v) is 8.97. The van der Waals surface area contributed by atoms with Crippen LogP contribution in [0.25, 0.3) is 0 Å². The Labute approximate surface area is 107 Å². The van der Waals surface area contributed by atoms with Crippen molar-refractivity contribution in [3.8, 4) is 0 Å². The molecule has 0 heterocycles. The van der Waals surface area contributed by atoms with E-state index in [-0.39, 0.29) is 39.0 Å². The van der Waals surface area contributed by atoms with Crippen molar-refractivity contribution in [1.82, 2.24) is 0 Å². The van der Waals surface area contributed by atoms with E-state index in [1.54, 1.807) is 6.92 Å². The van der Waals surface area contributed by atoms with Gasteiger partial charge in [0.05, 0.1) is 0 Å². The maximum absolute atomic E-state index is 11.7. The molecule has 0 aliphatic heterocycles. The Morgan fingerprint density at radius 2 is 1.13 bits per heavy atom. The molecule has 0 aromatic rings. The molecule has 4 nitrogen and oxygen atoms in total. The van der Waals surface area contributed by atoms with Gasteiger partial charge in [-0.15, -0.1) is 0 Å². The van der Waals surface area contributed by atoms with Crippen LogP contribution in [-0.4, -0.2) is 32.4 Å². The minimum absolute atomic E-state index is 0. The fraction of sp³-hybridized carbons (Fsp3) is 1.00. The quantitative estimate of drug-likeness (QED) is 0.658. The van der Waals surface area contributed by atoms with Crippen molar-refractivity contribution in [1.29, 1.82) is 0 Å². The molecule has 0 radical (unpaired) electrons. The van der Waals surface area contributed by atoms with E-state index in [1.165, 1.54) is 20.8 Å². The topological polar surface area (TPSA) is 68.3 Å². The van der Waals surface area contributed by atoms with Gasteiger partial charge in [0, 0.05) is 32.6 Å². The summed E-state index contributed by atoms with van der Waals surface area (Å²) in [6.07, 6.45) is 0.0966. The van der Waals surface area contributed by atoms with E-state index in [0.717, 1.165) is 0 Å². The summed E-state index contributed by atoms with van der Waals surface area (Å²) in [7, 11) is -7.14. The zero-order valence-corrected chi connectivity index (χ0v) is 14.0. The zero-order valence-electron chi connectivity index (χ0n) is 9.48. The van der Waals surface area contributed by atoms with Crippen molar-refractivity contribution < 1.29 is 37.9 Å². The number of rotatable bonds is 5. The van der Waals surface area contributed by atoms with Gasteiger partial charge in [-0.2, -0.15) is 0 Å². The third-order valence-electron chi connectivity index (χ3n) is 2.72. The van der Waals surface area contributed by atoms with Crippen LogP contribution in [0.4, 0.5) is 0 Å². The molecule has 0 aromatic carbocycles. The van der Waals surface area contributed by atoms with Gasteiger partial charge in [0.2, 0.25) is 0 Å². The number of hydrogen-bond acceptors (Lipinski definition) is 4. The van der Waals surface area contributed by atoms with E-state index >= 15 is 0 Å². The Hall–Kier alpha value is 0.588. The van der Waals surface area contributed by atoms with Crippen molar-refractivity contribution in [3.63, 3.8) is 0 Å². The third kappa shape index (κ3) is 3.04. The second-order valence-corrected chi connectivity index (χ2v) is 8.97. The normalized spacial score (nSPS) is 13.3. The fourth-order valence-electron chi connectivity index (χ4n) is 1.24. The summed E-state index contributed by atoms with van der Waals surface area (Å²) in [6.45, 7) is 5.81. The maximum atomic E-state index is 11.7. The molecule has 92 valence electrons. The van der Waals surface area contributed by atoms with Crippen LogP contribution in [0.2, 0.25) is 0 Å². The van der Waals surface area contributed by atoms with Gasteiger partial charge >= 0.3 is 0 Å². The van der Waals surface area contributed by atoms with Gasteiger partial charge in [-0.1, -0.05) is 20.8 Å². The molecule has 0 unspecified atom stereocenters. The molecule has 0 aliphatic rings. The first-order chi connectivity index (χ1) is 6.18. The smallest absolute Gasteiger partial charge is 0.170 e. The standard InChI is InChI=1S/C8H18O4S2.W/c1-5-8(4,13(9,10)6-2)14(11,12)7-3;/h5-7H2,1-4H3;. The van der Waals surface area contributed by atoms with Crippen molar-refractivity contribution in [2.75, 3.05) is 11.5 Å². The minimum Gasteiger partial charge on any atom is -0.227 e. The molecule has 0 spiro atoms. The molecule has 0 bridgehead atoms. The van der Waals surface area contributed by atoms with E-state index in [2.05, 4.69) is 0 Å². The molecular weight excluding hydrogens is 408 g/mol. The zero-order chi connectivity index (χ0) is 11.6. The van der Waals surface area contributed by atoms with Gasteiger partial charge in [0.1, 0.15) is 0 Å². The van der Waals surface area contributed by atoms with E-state index < -0.39 is 23.8 Å². The van der Waals surface area contributed by atoms with Crippen LogP contribution in [0.5, 0.6) is 0 Å². The fourth-order valence-corrected chi connectivity index (χ4v) is 5.60. The van der Waals surface area contributed by atoms with Crippen molar-refractivity contribution >= 4 is 19.7 Å². The van der Waals surface area contributed by atoms with E-state index in [9.17, 15) is 16.8 Å². The van der Waals surface area contributed by atoms with Crippen LogP contribution in [0.1, 0.15) is 34.1 Å². The molecule has 0 atom stereocenters. The molecule has 0 fully saturated rings. The van der Waals surface area contributed by atoms with Gasteiger partial charge in [-0.25, -0.2) is 16.8 Å². The minimum atomic E-state index is -3.57. The Kier molecular flexibility index (Phi) is 6.92. The van der Waals surface area contributed by atoms with Gasteiger partial charge in [0.15, 0.2) is 23.8 Å². The number of sulfone groups is 2. The maximum Gasteiger partial charge on any atom is 0.170 e. The summed E-state index contributed by atoms with van der Waals surface area (Å²) in [6, 6.07) is 0. The van der Waals surface area contributed by atoms with Crippen LogP contribution >= 0.6 is 0 Å². The van der Waals surface area contributed by atoms with Crippen molar-refractivity contribution in [3.05, 3.63) is 0 Å². The summed E-state index contributed by atoms with van der Waals surface area (Å²) < 4.78 is 45.1. The largest absolute Gasteiger partial charge is 0.227 e.